The van der Waals surface area contributed by atoms with Gasteiger partial charge in [-0.25, -0.2) is 19.3 Å². The molecule has 154 valence electrons. The monoisotopic (exact) mass is 406 g/mol. The highest BCUT2D eigenvalue weighted by molar-refractivity contribution is 5.92. The molecule has 1 amide bonds. The minimum Gasteiger partial charge on any atom is -0.322 e. The molecule has 1 aliphatic heterocycles. The van der Waals surface area contributed by atoms with E-state index in [4.69, 9.17) is 4.98 Å². The summed E-state index contributed by atoms with van der Waals surface area (Å²) < 4.78 is 13.7. The van der Waals surface area contributed by atoms with E-state index in [0.29, 0.717) is 17.7 Å². The first kappa shape index (κ1) is 19.9. The van der Waals surface area contributed by atoms with E-state index in [2.05, 4.69) is 25.5 Å². The van der Waals surface area contributed by atoms with E-state index in [0.717, 1.165) is 31.6 Å². The molecule has 0 radical (unpaired) electrons. The molecule has 0 aliphatic carbocycles. The Balaban J connectivity index is 1.30. The molecule has 3 heterocycles. The van der Waals surface area contributed by atoms with Gasteiger partial charge in [-0.1, -0.05) is 18.2 Å². The lowest BCUT2D eigenvalue weighted by molar-refractivity contribution is -0.117. The molecule has 7 nitrogen and oxygen atoms in total. The summed E-state index contributed by atoms with van der Waals surface area (Å²) >= 11 is 0. The quantitative estimate of drug-likeness (QED) is 0.651. The number of nitrogens with one attached hydrogen (secondary N) is 2. The lowest BCUT2D eigenvalue weighted by Gasteiger charge is -2.31. The number of carbonyl (C=O) groups is 1. The number of pyridine rings is 1. The number of anilines is 3. The van der Waals surface area contributed by atoms with Crippen LogP contribution in [0.4, 0.5) is 21.8 Å². The van der Waals surface area contributed by atoms with Crippen LogP contribution in [-0.4, -0.2) is 45.4 Å². The summed E-state index contributed by atoms with van der Waals surface area (Å²) in [5.41, 5.74) is 1.24. The van der Waals surface area contributed by atoms with Gasteiger partial charge in [0.25, 0.3) is 0 Å². The maximum Gasteiger partial charge on any atom is 0.238 e. The zero-order valence-electron chi connectivity index (χ0n) is 16.5. The van der Waals surface area contributed by atoms with Crippen LogP contribution in [0.15, 0.2) is 60.9 Å². The van der Waals surface area contributed by atoms with Gasteiger partial charge in [0.2, 0.25) is 11.9 Å². The third-order valence-corrected chi connectivity index (χ3v) is 5.10. The number of halogens is 1. The summed E-state index contributed by atoms with van der Waals surface area (Å²) in [5, 5.41) is 5.76. The Kier molecular flexibility index (Phi) is 6.24. The average molecular weight is 406 g/mol. The Morgan fingerprint density at radius 2 is 1.80 bits per heavy atom. The molecule has 0 unspecified atom stereocenters. The van der Waals surface area contributed by atoms with Crippen LogP contribution in [0.2, 0.25) is 0 Å². The molecule has 0 atom stereocenters. The van der Waals surface area contributed by atoms with E-state index in [1.165, 1.54) is 6.07 Å². The summed E-state index contributed by atoms with van der Waals surface area (Å²) in [6.07, 6.45) is 5.17. The molecule has 1 aromatic carbocycles. The topological polar surface area (TPSA) is 83.0 Å². The van der Waals surface area contributed by atoms with Gasteiger partial charge in [-0.3, -0.25) is 9.69 Å². The molecule has 2 N–H and O–H groups in total. The molecular formula is C22H23FN6O. The van der Waals surface area contributed by atoms with Gasteiger partial charge in [0, 0.05) is 24.0 Å². The van der Waals surface area contributed by atoms with E-state index in [-0.39, 0.29) is 18.1 Å². The lowest BCUT2D eigenvalue weighted by atomic mass is 9.93. The van der Waals surface area contributed by atoms with Crippen LogP contribution in [0.5, 0.6) is 0 Å². The number of benzene rings is 1. The molecule has 0 saturated carbocycles. The predicted molar refractivity (Wildman–Crippen MR) is 113 cm³/mol. The van der Waals surface area contributed by atoms with Gasteiger partial charge in [0.1, 0.15) is 11.6 Å². The summed E-state index contributed by atoms with van der Waals surface area (Å²) in [4.78, 5) is 27.4. The molecule has 2 aromatic heterocycles. The van der Waals surface area contributed by atoms with Crippen molar-refractivity contribution in [3.05, 3.63) is 72.4 Å². The van der Waals surface area contributed by atoms with Crippen LogP contribution in [0.3, 0.4) is 0 Å². The van der Waals surface area contributed by atoms with Crippen molar-refractivity contribution >= 4 is 23.4 Å². The first-order chi connectivity index (χ1) is 14.7. The van der Waals surface area contributed by atoms with Crippen molar-refractivity contribution in [1.82, 2.24) is 19.9 Å². The van der Waals surface area contributed by atoms with E-state index in [1.54, 1.807) is 36.7 Å². The molecule has 3 aromatic rings. The summed E-state index contributed by atoms with van der Waals surface area (Å²) in [6, 6.07) is 13.9. The smallest absolute Gasteiger partial charge is 0.238 e. The molecule has 1 aliphatic rings. The van der Waals surface area contributed by atoms with Crippen molar-refractivity contribution in [2.45, 2.75) is 18.8 Å². The van der Waals surface area contributed by atoms with Crippen molar-refractivity contribution < 1.29 is 9.18 Å². The summed E-state index contributed by atoms with van der Waals surface area (Å²) in [7, 11) is 0. The van der Waals surface area contributed by atoms with Gasteiger partial charge in [0.15, 0.2) is 0 Å². The number of rotatable bonds is 6. The maximum absolute atomic E-state index is 13.7. The minimum absolute atomic E-state index is 0.203. The molecule has 0 spiro atoms. The van der Waals surface area contributed by atoms with E-state index >= 15 is 0 Å². The van der Waals surface area contributed by atoms with Crippen molar-refractivity contribution in [3.63, 3.8) is 0 Å². The number of amides is 1. The normalized spacial score (nSPS) is 15.0. The van der Waals surface area contributed by atoms with E-state index in [9.17, 15) is 9.18 Å². The summed E-state index contributed by atoms with van der Waals surface area (Å²) in [5.74, 6) is 0.924. The second kappa shape index (κ2) is 9.41. The Hall–Kier alpha value is -3.39. The predicted octanol–water partition coefficient (Wildman–Crippen LogP) is 3.57. The fourth-order valence-electron chi connectivity index (χ4n) is 3.57. The van der Waals surface area contributed by atoms with Gasteiger partial charge in [-0.05, 0) is 56.3 Å². The van der Waals surface area contributed by atoms with Crippen molar-refractivity contribution in [1.29, 1.82) is 0 Å². The highest BCUT2D eigenvalue weighted by Crippen LogP contribution is 2.27. The highest BCUT2D eigenvalue weighted by atomic mass is 19.1. The first-order valence-electron chi connectivity index (χ1n) is 9.95. The van der Waals surface area contributed by atoms with Crippen LogP contribution in [0, 0.1) is 5.82 Å². The number of hydrogen-bond donors (Lipinski definition) is 2. The molecule has 0 bridgehead atoms. The number of likely N-dealkylation sites (tertiary alicyclic amines) is 1. The van der Waals surface area contributed by atoms with Crippen LogP contribution in [0.25, 0.3) is 0 Å². The van der Waals surface area contributed by atoms with Crippen LogP contribution in [0.1, 0.15) is 24.5 Å². The Morgan fingerprint density at radius 3 is 2.57 bits per heavy atom. The number of piperidine rings is 1. The summed E-state index contributed by atoms with van der Waals surface area (Å²) in [6.45, 7) is 1.83. The van der Waals surface area contributed by atoms with Gasteiger partial charge < -0.3 is 10.6 Å². The second-order valence-corrected chi connectivity index (χ2v) is 7.22. The molecule has 4 rings (SSSR count). The second-order valence-electron chi connectivity index (χ2n) is 7.22. The van der Waals surface area contributed by atoms with Gasteiger partial charge in [0.05, 0.1) is 12.2 Å². The average Bonchev–Trinajstić information content (AvgIpc) is 2.77. The Morgan fingerprint density at radius 1 is 1.03 bits per heavy atom. The molecule has 8 heteroatoms. The number of nitrogens with zero attached hydrogens (tertiary/aromatic N) is 4. The van der Waals surface area contributed by atoms with Crippen LogP contribution in [-0.2, 0) is 4.79 Å². The Bertz CT molecular complexity index is 992. The van der Waals surface area contributed by atoms with Crippen LogP contribution < -0.4 is 10.6 Å². The number of para-hydroxylation sites is 1. The van der Waals surface area contributed by atoms with Crippen LogP contribution >= 0.6 is 0 Å². The fourth-order valence-corrected chi connectivity index (χ4v) is 3.57. The van der Waals surface area contributed by atoms with Crippen molar-refractivity contribution in [3.8, 4) is 0 Å². The van der Waals surface area contributed by atoms with Gasteiger partial charge in [-0.15, -0.1) is 0 Å². The molecular weight excluding hydrogens is 383 g/mol. The third kappa shape index (κ3) is 5.15. The Labute approximate surface area is 174 Å². The third-order valence-electron chi connectivity index (χ3n) is 5.10. The number of carbonyl (C=O) groups excluding carboxylic acids is 1. The standard InChI is InChI=1S/C22H23FN6O/c23-17-5-1-2-6-19(17)27-21(30)15-29-13-9-16(10-14-29)18-7-3-8-20(26-18)28-22-24-11-4-12-25-22/h1-8,11-12,16H,9-10,13-15H2,(H,27,30)(H,24,25,26,28). The van der Waals surface area contributed by atoms with E-state index in [1.807, 2.05) is 18.2 Å². The largest absolute Gasteiger partial charge is 0.322 e. The number of aromatic nitrogens is 3. The molecule has 1 fully saturated rings. The van der Waals surface area contributed by atoms with Gasteiger partial charge >= 0.3 is 0 Å². The highest BCUT2D eigenvalue weighted by Gasteiger charge is 2.23. The minimum atomic E-state index is -0.426. The zero-order chi connectivity index (χ0) is 20.8. The number of hydrogen-bond acceptors (Lipinski definition) is 6. The lowest BCUT2D eigenvalue weighted by Crippen LogP contribution is -2.39. The zero-order valence-corrected chi connectivity index (χ0v) is 16.5. The first-order valence-corrected chi connectivity index (χ1v) is 9.95. The van der Waals surface area contributed by atoms with E-state index < -0.39 is 5.82 Å². The van der Waals surface area contributed by atoms with Crippen molar-refractivity contribution in [2.75, 3.05) is 30.3 Å². The fraction of sp³-hybridized carbons (Fsp3) is 0.273. The van der Waals surface area contributed by atoms with Gasteiger partial charge in [-0.2, -0.15) is 0 Å². The molecule has 1 saturated heterocycles. The SMILES string of the molecule is O=C(CN1CCC(c2cccc(Nc3ncccn3)n2)CC1)Nc1ccccc1F. The molecule has 30 heavy (non-hydrogen) atoms. The maximum atomic E-state index is 13.7. The van der Waals surface area contributed by atoms with Crippen molar-refractivity contribution in [2.24, 2.45) is 0 Å².